The average molecular weight is 353 g/mol. The van der Waals surface area contributed by atoms with E-state index in [0.29, 0.717) is 6.54 Å². The fourth-order valence-electron chi connectivity index (χ4n) is 2.93. The van der Waals surface area contributed by atoms with Crippen molar-refractivity contribution in [2.24, 2.45) is 0 Å². The molecule has 1 aliphatic heterocycles. The molecule has 0 spiro atoms. The van der Waals surface area contributed by atoms with Crippen molar-refractivity contribution < 1.29 is 4.79 Å². The molecule has 0 radical (unpaired) electrons. The quantitative estimate of drug-likeness (QED) is 0.711. The van der Waals surface area contributed by atoms with Gasteiger partial charge in [-0.05, 0) is 39.7 Å². The third-order valence-corrected chi connectivity index (χ3v) is 5.57. The summed E-state index contributed by atoms with van der Waals surface area (Å²) >= 11 is 1.79. The zero-order valence-corrected chi connectivity index (χ0v) is 16.4. The van der Waals surface area contributed by atoms with E-state index in [4.69, 9.17) is 0 Å². The summed E-state index contributed by atoms with van der Waals surface area (Å²) in [5, 5.41) is 0. The Morgan fingerprint density at radius 2 is 1.79 bits per heavy atom. The molecule has 24 heavy (non-hydrogen) atoms. The minimum absolute atomic E-state index is 0.257. The molecule has 0 N–H and O–H groups in total. The van der Waals surface area contributed by atoms with Gasteiger partial charge in [0.1, 0.15) is 0 Å². The van der Waals surface area contributed by atoms with Gasteiger partial charge in [-0.2, -0.15) is 0 Å². The van der Waals surface area contributed by atoms with Crippen molar-refractivity contribution in [1.29, 1.82) is 0 Å². The van der Waals surface area contributed by atoms with E-state index in [0.717, 1.165) is 52.4 Å². The molecule has 1 aliphatic rings. The summed E-state index contributed by atoms with van der Waals surface area (Å²) in [6.07, 6.45) is 0. The van der Waals surface area contributed by atoms with E-state index < -0.39 is 0 Å². The standard InChI is InChI=1S/C18H32N4OS/c1-5-20-9-11-21(12-10-20)15-18(23)22(13-8-19(3)4)14-17-7-6-16(2)24-17/h6-7H,5,8-15H2,1-4H3. The van der Waals surface area contributed by atoms with E-state index in [1.165, 1.54) is 9.75 Å². The van der Waals surface area contributed by atoms with Gasteiger partial charge in [-0.3, -0.25) is 9.69 Å². The summed E-state index contributed by atoms with van der Waals surface area (Å²) in [5.74, 6) is 0.257. The third kappa shape index (κ3) is 6.16. The van der Waals surface area contributed by atoms with Crippen molar-refractivity contribution in [3.8, 4) is 0 Å². The smallest absolute Gasteiger partial charge is 0.237 e. The van der Waals surface area contributed by atoms with Gasteiger partial charge in [-0.15, -0.1) is 11.3 Å². The lowest BCUT2D eigenvalue weighted by Gasteiger charge is -2.35. The fourth-order valence-corrected chi connectivity index (χ4v) is 3.83. The molecule has 136 valence electrons. The van der Waals surface area contributed by atoms with Gasteiger partial charge >= 0.3 is 0 Å². The summed E-state index contributed by atoms with van der Waals surface area (Å²) < 4.78 is 0. The highest BCUT2D eigenvalue weighted by molar-refractivity contribution is 7.11. The Kier molecular flexibility index (Phi) is 7.68. The Balaban J connectivity index is 1.90. The number of hydrogen-bond donors (Lipinski definition) is 0. The summed E-state index contributed by atoms with van der Waals surface area (Å²) in [7, 11) is 4.11. The molecule has 1 amide bonds. The van der Waals surface area contributed by atoms with Crippen LogP contribution in [0.25, 0.3) is 0 Å². The van der Waals surface area contributed by atoms with E-state index >= 15 is 0 Å². The highest BCUT2D eigenvalue weighted by Gasteiger charge is 2.21. The molecule has 5 nitrogen and oxygen atoms in total. The molecule has 0 unspecified atom stereocenters. The number of likely N-dealkylation sites (N-methyl/N-ethyl adjacent to an activating group) is 2. The van der Waals surface area contributed by atoms with Crippen molar-refractivity contribution in [2.45, 2.75) is 20.4 Å². The maximum absolute atomic E-state index is 12.8. The maximum atomic E-state index is 12.8. The minimum atomic E-state index is 0.257. The molecule has 0 atom stereocenters. The summed E-state index contributed by atoms with van der Waals surface area (Å²) in [4.78, 5) is 24.3. The van der Waals surface area contributed by atoms with Crippen LogP contribution in [0.3, 0.4) is 0 Å². The van der Waals surface area contributed by atoms with Crippen LogP contribution in [0.5, 0.6) is 0 Å². The number of carbonyl (C=O) groups is 1. The second-order valence-corrected chi connectivity index (χ2v) is 8.21. The van der Waals surface area contributed by atoms with Gasteiger partial charge in [0.15, 0.2) is 0 Å². The number of hydrogen-bond acceptors (Lipinski definition) is 5. The molecular formula is C18H32N4OS. The fraction of sp³-hybridized carbons (Fsp3) is 0.722. The zero-order chi connectivity index (χ0) is 17.5. The topological polar surface area (TPSA) is 30.0 Å². The second-order valence-electron chi connectivity index (χ2n) is 6.84. The number of nitrogens with zero attached hydrogens (tertiary/aromatic N) is 4. The first-order valence-electron chi connectivity index (χ1n) is 8.90. The lowest BCUT2D eigenvalue weighted by molar-refractivity contribution is -0.133. The Bertz CT molecular complexity index is 509. The molecule has 0 aliphatic carbocycles. The van der Waals surface area contributed by atoms with Gasteiger partial charge in [-0.25, -0.2) is 0 Å². The number of piperazine rings is 1. The number of carbonyl (C=O) groups excluding carboxylic acids is 1. The van der Waals surface area contributed by atoms with Gasteiger partial charge in [0.05, 0.1) is 13.1 Å². The van der Waals surface area contributed by atoms with Crippen LogP contribution >= 0.6 is 11.3 Å². The number of aryl methyl sites for hydroxylation is 1. The van der Waals surface area contributed by atoms with Crippen LogP contribution in [0, 0.1) is 6.92 Å². The first-order valence-corrected chi connectivity index (χ1v) is 9.72. The van der Waals surface area contributed by atoms with Crippen molar-refractivity contribution in [3.63, 3.8) is 0 Å². The first-order chi connectivity index (χ1) is 11.5. The molecule has 1 saturated heterocycles. The minimum Gasteiger partial charge on any atom is -0.335 e. The maximum Gasteiger partial charge on any atom is 0.237 e. The molecule has 2 rings (SSSR count). The van der Waals surface area contributed by atoms with Gasteiger partial charge in [-0.1, -0.05) is 6.92 Å². The molecule has 1 aromatic rings. The highest BCUT2D eigenvalue weighted by Crippen LogP contribution is 2.17. The van der Waals surface area contributed by atoms with Crippen LogP contribution in [0.15, 0.2) is 12.1 Å². The van der Waals surface area contributed by atoms with Gasteiger partial charge < -0.3 is 14.7 Å². The zero-order valence-electron chi connectivity index (χ0n) is 15.6. The van der Waals surface area contributed by atoms with Crippen molar-refractivity contribution in [1.82, 2.24) is 19.6 Å². The van der Waals surface area contributed by atoms with Gasteiger partial charge in [0.2, 0.25) is 5.91 Å². The third-order valence-electron chi connectivity index (χ3n) is 4.58. The summed E-state index contributed by atoms with van der Waals surface area (Å²) in [6.45, 7) is 12.6. The van der Waals surface area contributed by atoms with Gasteiger partial charge in [0.25, 0.3) is 0 Å². The summed E-state index contributed by atoms with van der Waals surface area (Å²) in [5.41, 5.74) is 0. The van der Waals surface area contributed by atoms with Crippen molar-refractivity contribution >= 4 is 17.2 Å². The van der Waals surface area contributed by atoms with E-state index in [1.54, 1.807) is 11.3 Å². The molecule has 0 aromatic carbocycles. The SMILES string of the molecule is CCN1CCN(CC(=O)N(CCN(C)C)Cc2ccc(C)s2)CC1. The largest absolute Gasteiger partial charge is 0.335 e. The van der Waals surface area contributed by atoms with Crippen LogP contribution < -0.4 is 0 Å². The Morgan fingerprint density at radius 3 is 2.33 bits per heavy atom. The second kappa shape index (κ2) is 9.51. The van der Waals surface area contributed by atoms with E-state index in [1.807, 2.05) is 4.90 Å². The van der Waals surface area contributed by atoms with Crippen LogP contribution in [0.4, 0.5) is 0 Å². The Morgan fingerprint density at radius 1 is 1.12 bits per heavy atom. The Labute approximate surface area is 150 Å². The predicted molar refractivity (Wildman–Crippen MR) is 102 cm³/mol. The molecule has 1 fully saturated rings. The molecule has 0 bridgehead atoms. The van der Waals surface area contributed by atoms with Gasteiger partial charge in [0, 0.05) is 49.0 Å². The Hall–Kier alpha value is -0.950. The molecule has 2 heterocycles. The lowest BCUT2D eigenvalue weighted by atomic mass is 10.3. The number of thiophene rings is 1. The molecule has 0 saturated carbocycles. The van der Waals surface area contributed by atoms with Crippen LogP contribution in [0.2, 0.25) is 0 Å². The van der Waals surface area contributed by atoms with Crippen LogP contribution in [-0.4, -0.2) is 92.0 Å². The highest BCUT2D eigenvalue weighted by atomic mass is 32.1. The number of rotatable bonds is 8. The molecule has 1 aromatic heterocycles. The molecular weight excluding hydrogens is 320 g/mol. The van der Waals surface area contributed by atoms with E-state index in [2.05, 4.69) is 54.8 Å². The normalized spacial score (nSPS) is 16.7. The van der Waals surface area contributed by atoms with Crippen molar-refractivity contribution in [2.75, 3.05) is 66.5 Å². The first kappa shape index (κ1) is 19.4. The van der Waals surface area contributed by atoms with E-state index in [9.17, 15) is 4.79 Å². The van der Waals surface area contributed by atoms with Crippen molar-refractivity contribution in [3.05, 3.63) is 21.9 Å². The van der Waals surface area contributed by atoms with Crippen LogP contribution in [0.1, 0.15) is 16.7 Å². The monoisotopic (exact) mass is 352 g/mol. The van der Waals surface area contributed by atoms with E-state index in [-0.39, 0.29) is 5.91 Å². The predicted octanol–water partition coefficient (Wildman–Crippen LogP) is 1.58. The lowest BCUT2D eigenvalue weighted by Crippen LogP contribution is -2.50. The van der Waals surface area contributed by atoms with Crippen LogP contribution in [-0.2, 0) is 11.3 Å². The molecule has 6 heteroatoms. The number of amides is 1. The summed E-state index contributed by atoms with van der Waals surface area (Å²) in [6, 6.07) is 4.29. The average Bonchev–Trinajstić information content (AvgIpc) is 2.97.